The lowest BCUT2D eigenvalue weighted by atomic mass is 10.2. The van der Waals surface area contributed by atoms with Crippen LogP contribution in [0.5, 0.6) is 0 Å². The molecular formula is C20H24N4O2S. The van der Waals surface area contributed by atoms with E-state index in [1.54, 1.807) is 0 Å². The topological polar surface area (TPSA) is 67.2 Å². The van der Waals surface area contributed by atoms with Gasteiger partial charge in [0.2, 0.25) is 5.91 Å². The zero-order chi connectivity index (χ0) is 19.7. The molecule has 1 aromatic carbocycles. The zero-order valence-corrected chi connectivity index (χ0v) is 17.1. The molecule has 0 atom stereocenters. The molecule has 0 aliphatic carbocycles. The van der Waals surface area contributed by atoms with Gasteiger partial charge in [-0.2, -0.15) is 0 Å². The molecule has 3 rings (SSSR count). The molecule has 0 radical (unpaired) electrons. The maximum atomic E-state index is 13.1. The number of rotatable bonds is 5. The molecule has 0 bridgehead atoms. The maximum absolute atomic E-state index is 13.1. The van der Waals surface area contributed by atoms with Gasteiger partial charge in [-0.25, -0.2) is 4.98 Å². The van der Waals surface area contributed by atoms with Crippen LogP contribution < -0.4 is 10.9 Å². The van der Waals surface area contributed by atoms with Gasteiger partial charge in [0, 0.05) is 10.6 Å². The minimum atomic E-state index is -0.242. The smallest absolute Gasteiger partial charge is 0.263 e. The lowest BCUT2D eigenvalue weighted by Gasteiger charge is -2.16. The normalized spacial score (nSPS) is 11.3. The second-order valence-corrected chi connectivity index (χ2v) is 8.24. The monoisotopic (exact) mass is 384 g/mol. The number of aromatic nitrogens is 2. The Balaban J connectivity index is 2.00. The highest BCUT2D eigenvalue weighted by Crippen LogP contribution is 2.26. The summed E-state index contributed by atoms with van der Waals surface area (Å²) in [6.07, 6.45) is 0. The number of carbonyl (C=O) groups is 1. The van der Waals surface area contributed by atoms with E-state index in [2.05, 4.69) is 5.32 Å². The molecular weight excluding hydrogens is 360 g/mol. The van der Waals surface area contributed by atoms with Gasteiger partial charge >= 0.3 is 0 Å². The first kappa shape index (κ1) is 19.3. The third-order valence-corrected chi connectivity index (χ3v) is 5.53. The highest BCUT2D eigenvalue weighted by Gasteiger charge is 2.18. The van der Waals surface area contributed by atoms with Crippen molar-refractivity contribution < 1.29 is 4.79 Å². The summed E-state index contributed by atoms with van der Waals surface area (Å²) < 4.78 is 1.49. The Bertz CT molecular complexity index is 1070. The van der Waals surface area contributed by atoms with Crippen molar-refractivity contribution >= 4 is 33.1 Å². The number of aryl methyl sites for hydroxylation is 3. The molecule has 7 heteroatoms. The largest absolute Gasteiger partial charge is 0.325 e. The molecule has 0 aliphatic rings. The molecule has 1 amide bonds. The second-order valence-electron chi connectivity index (χ2n) is 7.04. The van der Waals surface area contributed by atoms with Gasteiger partial charge in [0.25, 0.3) is 5.56 Å². The van der Waals surface area contributed by atoms with E-state index in [-0.39, 0.29) is 18.0 Å². The lowest BCUT2D eigenvalue weighted by molar-refractivity contribution is -0.116. The highest BCUT2D eigenvalue weighted by molar-refractivity contribution is 7.18. The Kier molecular flexibility index (Phi) is 5.43. The fraction of sp³-hybridized carbons (Fsp3) is 0.350. The van der Waals surface area contributed by atoms with Gasteiger partial charge in [-0.15, -0.1) is 11.3 Å². The van der Waals surface area contributed by atoms with E-state index in [0.29, 0.717) is 17.8 Å². The van der Waals surface area contributed by atoms with Crippen molar-refractivity contribution in [2.75, 3.05) is 19.4 Å². The molecule has 0 saturated carbocycles. The van der Waals surface area contributed by atoms with Crippen LogP contribution in [0.15, 0.2) is 29.1 Å². The van der Waals surface area contributed by atoms with E-state index in [1.165, 1.54) is 15.9 Å². The minimum Gasteiger partial charge on any atom is -0.325 e. The molecule has 1 N–H and O–H groups in total. The Labute approximate surface area is 162 Å². The number of carbonyl (C=O) groups excluding carboxylic acids is 1. The molecule has 0 spiro atoms. The molecule has 2 aromatic heterocycles. The van der Waals surface area contributed by atoms with Gasteiger partial charge < -0.3 is 10.2 Å². The first-order chi connectivity index (χ1) is 12.8. The molecule has 3 aromatic rings. The summed E-state index contributed by atoms with van der Waals surface area (Å²) in [5, 5.41) is 3.48. The van der Waals surface area contributed by atoms with Crippen LogP contribution in [0.1, 0.15) is 21.8 Å². The first-order valence-corrected chi connectivity index (χ1v) is 9.58. The van der Waals surface area contributed by atoms with Crippen LogP contribution in [-0.4, -0.2) is 34.5 Å². The van der Waals surface area contributed by atoms with E-state index in [9.17, 15) is 9.59 Å². The third kappa shape index (κ3) is 4.09. The van der Waals surface area contributed by atoms with E-state index >= 15 is 0 Å². The maximum Gasteiger partial charge on any atom is 0.263 e. The number of nitrogens with one attached hydrogen (secondary N) is 1. The molecule has 0 aliphatic heterocycles. The van der Waals surface area contributed by atoms with Crippen LogP contribution in [0.3, 0.4) is 0 Å². The van der Waals surface area contributed by atoms with Gasteiger partial charge in [0.05, 0.1) is 11.9 Å². The third-order valence-electron chi connectivity index (χ3n) is 4.43. The molecule has 0 unspecified atom stereocenters. The Hall–Kier alpha value is -2.51. The quantitative estimate of drug-likeness (QED) is 0.734. The Morgan fingerprint density at radius 3 is 2.67 bits per heavy atom. The van der Waals surface area contributed by atoms with E-state index in [0.717, 1.165) is 26.5 Å². The lowest BCUT2D eigenvalue weighted by Crippen LogP contribution is -2.32. The Morgan fingerprint density at radius 2 is 2.00 bits per heavy atom. The molecule has 0 fully saturated rings. The summed E-state index contributed by atoms with van der Waals surface area (Å²) in [4.78, 5) is 34.2. The number of nitrogens with zero attached hydrogens (tertiary/aromatic N) is 3. The molecule has 142 valence electrons. The summed E-state index contributed by atoms with van der Waals surface area (Å²) in [7, 11) is 3.83. The van der Waals surface area contributed by atoms with Crippen molar-refractivity contribution in [1.82, 2.24) is 14.5 Å². The summed E-state index contributed by atoms with van der Waals surface area (Å²) in [5.41, 5.74) is 2.57. The fourth-order valence-electron chi connectivity index (χ4n) is 3.00. The number of fused-ring (bicyclic) bond motifs is 1. The second kappa shape index (κ2) is 7.62. The van der Waals surface area contributed by atoms with Crippen LogP contribution in [0.25, 0.3) is 10.2 Å². The van der Waals surface area contributed by atoms with E-state index < -0.39 is 0 Å². The predicted molar refractivity (Wildman–Crippen MR) is 111 cm³/mol. The van der Waals surface area contributed by atoms with Gasteiger partial charge in [0.1, 0.15) is 17.2 Å². The van der Waals surface area contributed by atoms with E-state index in [4.69, 9.17) is 4.98 Å². The average molecular weight is 385 g/mol. The van der Waals surface area contributed by atoms with Crippen molar-refractivity contribution in [3.8, 4) is 0 Å². The minimum absolute atomic E-state index is 0.0623. The summed E-state index contributed by atoms with van der Waals surface area (Å²) >= 11 is 1.52. The number of benzene rings is 1. The van der Waals surface area contributed by atoms with Crippen molar-refractivity contribution in [3.05, 3.63) is 56.4 Å². The van der Waals surface area contributed by atoms with Crippen molar-refractivity contribution in [2.45, 2.75) is 33.9 Å². The number of amides is 1. The zero-order valence-electron chi connectivity index (χ0n) is 16.3. The van der Waals surface area contributed by atoms with Crippen LogP contribution in [0, 0.1) is 20.8 Å². The van der Waals surface area contributed by atoms with E-state index in [1.807, 2.05) is 64.0 Å². The van der Waals surface area contributed by atoms with Crippen molar-refractivity contribution in [2.24, 2.45) is 0 Å². The Morgan fingerprint density at radius 1 is 1.26 bits per heavy atom. The van der Waals surface area contributed by atoms with Crippen LogP contribution >= 0.6 is 11.3 Å². The standard InChI is InChI=1S/C20H24N4O2S/c1-12-7-6-8-15(9-12)21-17(25)11-24-16(10-23(4)5)22-19-18(20(24)26)13(2)14(3)27-19/h6-9H,10-11H2,1-5H3,(H,21,25). The predicted octanol–water partition coefficient (Wildman–Crippen LogP) is 3.08. The molecule has 2 heterocycles. The van der Waals surface area contributed by atoms with Crippen LogP contribution in [-0.2, 0) is 17.9 Å². The van der Waals surface area contributed by atoms with Gasteiger partial charge in [-0.3, -0.25) is 14.2 Å². The number of anilines is 1. The van der Waals surface area contributed by atoms with Crippen LogP contribution in [0.2, 0.25) is 0 Å². The summed E-state index contributed by atoms with van der Waals surface area (Å²) in [5.74, 6) is 0.353. The summed E-state index contributed by atoms with van der Waals surface area (Å²) in [6, 6.07) is 7.59. The number of hydrogen-bond donors (Lipinski definition) is 1. The van der Waals surface area contributed by atoms with Gasteiger partial charge in [-0.1, -0.05) is 12.1 Å². The van der Waals surface area contributed by atoms with Crippen LogP contribution in [0.4, 0.5) is 5.69 Å². The van der Waals surface area contributed by atoms with Gasteiger partial charge in [0.15, 0.2) is 0 Å². The van der Waals surface area contributed by atoms with Crippen molar-refractivity contribution in [1.29, 1.82) is 0 Å². The van der Waals surface area contributed by atoms with Gasteiger partial charge in [-0.05, 0) is 58.1 Å². The number of hydrogen-bond acceptors (Lipinski definition) is 5. The first-order valence-electron chi connectivity index (χ1n) is 8.77. The average Bonchev–Trinajstić information content (AvgIpc) is 2.85. The van der Waals surface area contributed by atoms with Crippen molar-refractivity contribution in [3.63, 3.8) is 0 Å². The molecule has 6 nitrogen and oxygen atoms in total. The SMILES string of the molecule is Cc1cccc(NC(=O)Cn2c(CN(C)C)nc3sc(C)c(C)c3c2=O)c1. The molecule has 0 saturated heterocycles. The molecule has 27 heavy (non-hydrogen) atoms. The summed E-state index contributed by atoms with van der Waals surface area (Å²) in [6.45, 7) is 6.31. The number of thiophene rings is 1. The highest BCUT2D eigenvalue weighted by atomic mass is 32.1. The fourth-order valence-corrected chi connectivity index (χ4v) is 4.04.